The SMILES string of the molecule is N[C@@H](CC([O])=O)C(=O)O. The topological polar surface area (TPSA) is 100 Å². The van der Waals surface area contributed by atoms with Crippen molar-refractivity contribution in [2.24, 2.45) is 5.73 Å². The third kappa shape index (κ3) is 3.48. The normalized spacial score (nSPS) is 12.6. The van der Waals surface area contributed by atoms with Crippen molar-refractivity contribution in [1.82, 2.24) is 0 Å². The lowest BCUT2D eigenvalue weighted by molar-refractivity contribution is -0.148. The van der Waals surface area contributed by atoms with Gasteiger partial charge >= 0.3 is 11.9 Å². The van der Waals surface area contributed by atoms with E-state index in [2.05, 4.69) is 0 Å². The maximum absolute atomic E-state index is 9.82. The first-order chi connectivity index (χ1) is 4.04. The van der Waals surface area contributed by atoms with Crippen molar-refractivity contribution in [2.75, 3.05) is 0 Å². The van der Waals surface area contributed by atoms with Crippen molar-refractivity contribution in [3.63, 3.8) is 0 Å². The Morgan fingerprint density at radius 3 is 2.11 bits per heavy atom. The fourth-order valence-corrected chi connectivity index (χ4v) is 0.267. The van der Waals surface area contributed by atoms with Gasteiger partial charge in [-0.1, -0.05) is 0 Å². The van der Waals surface area contributed by atoms with E-state index in [0.717, 1.165) is 0 Å². The Labute approximate surface area is 51.1 Å². The fourth-order valence-electron chi connectivity index (χ4n) is 0.267. The minimum Gasteiger partial charge on any atom is -0.480 e. The van der Waals surface area contributed by atoms with E-state index in [1.807, 2.05) is 0 Å². The minimum absolute atomic E-state index is 0.644. The second-order valence-corrected chi connectivity index (χ2v) is 1.52. The molecular formula is C4H6NO4. The molecule has 0 rings (SSSR count). The van der Waals surface area contributed by atoms with Gasteiger partial charge < -0.3 is 10.8 Å². The Balaban J connectivity index is 3.63. The van der Waals surface area contributed by atoms with Crippen molar-refractivity contribution in [3.05, 3.63) is 0 Å². The van der Waals surface area contributed by atoms with Crippen LogP contribution in [0.25, 0.3) is 0 Å². The number of hydrogen-bond acceptors (Lipinski definition) is 3. The Morgan fingerprint density at radius 1 is 1.56 bits per heavy atom. The molecule has 0 aromatic heterocycles. The van der Waals surface area contributed by atoms with Gasteiger partial charge in [0.1, 0.15) is 6.04 Å². The first kappa shape index (κ1) is 7.90. The summed E-state index contributed by atoms with van der Waals surface area (Å²) in [7, 11) is 0. The van der Waals surface area contributed by atoms with E-state index in [0.29, 0.717) is 0 Å². The molecule has 5 nitrogen and oxygen atoms in total. The number of nitrogens with two attached hydrogens (primary N) is 1. The van der Waals surface area contributed by atoms with E-state index in [9.17, 15) is 14.7 Å². The van der Waals surface area contributed by atoms with Crippen molar-refractivity contribution in [3.8, 4) is 0 Å². The third-order valence-corrected chi connectivity index (χ3v) is 0.704. The molecule has 0 fully saturated rings. The van der Waals surface area contributed by atoms with Gasteiger partial charge in [-0.05, 0) is 0 Å². The Hall–Kier alpha value is -1.10. The van der Waals surface area contributed by atoms with Gasteiger partial charge in [0.2, 0.25) is 0 Å². The number of aliphatic carboxylic acids is 1. The van der Waals surface area contributed by atoms with Crippen LogP contribution in [0.15, 0.2) is 0 Å². The van der Waals surface area contributed by atoms with Gasteiger partial charge in [-0.15, -0.1) is 0 Å². The summed E-state index contributed by atoms with van der Waals surface area (Å²) in [6.45, 7) is 0. The van der Waals surface area contributed by atoms with Crippen LogP contribution in [0, 0.1) is 0 Å². The smallest absolute Gasteiger partial charge is 0.357 e. The summed E-state index contributed by atoms with van der Waals surface area (Å²) in [6.07, 6.45) is -0.644. The maximum Gasteiger partial charge on any atom is 0.357 e. The highest BCUT2D eigenvalue weighted by atomic mass is 16.4. The lowest BCUT2D eigenvalue weighted by Crippen LogP contribution is -2.32. The van der Waals surface area contributed by atoms with Gasteiger partial charge in [-0.2, -0.15) is 0 Å². The largest absolute Gasteiger partial charge is 0.480 e. The molecule has 0 aromatic rings. The molecule has 3 N–H and O–H groups in total. The van der Waals surface area contributed by atoms with E-state index in [1.165, 1.54) is 0 Å². The van der Waals surface area contributed by atoms with E-state index >= 15 is 0 Å². The van der Waals surface area contributed by atoms with Gasteiger partial charge in [0.15, 0.2) is 0 Å². The summed E-state index contributed by atoms with van der Waals surface area (Å²) < 4.78 is 0. The average molecular weight is 132 g/mol. The Morgan fingerprint density at radius 2 is 2.00 bits per heavy atom. The Kier molecular flexibility index (Phi) is 2.66. The molecule has 0 saturated heterocycles. The highest BCUT2D eigenvalue weighted by Gasteiger charge is 2.15. The van der Waals surface area contributed by atoms with Gasteiger partial charge in [0.05, 0.1) is 6.42 Å². The first-order valence-corrected chi connectivity index (χ1v) is 2.22. The molecule has 5 heteroatoms. The highest BCUT2D eigenvalue weighted by Crippen LogP contribution is 1.86. The maximum atomic E-state index is 9.82. The quantitative estimate of drug-likeness (QED) is 0.500. The van der Waals surface area contributed by atoms with Crippen LogP contribution in [0.3, 0.4) is 0 Å². The molecule has 0 aromatic carbocycles. The van der Waals surface area contributed by atoms with Crippen LogP contribution in [0.2, 0.25) is 0 Å². The van der Waals surface area contributed by atoms with E-state index < -0.39 is 24.4 Å². The molecule has 0 aliphatic rings. The lowest BCUT2D eigenvalue weighted by atomic mass is 10.2. The summed E-state index contributed by atoms with van der Waals surface area (Å²) in [5.41, 5.74) is 4.80. The van der Waals surface area contributed by atoms with Crippen LogP contribution in [0.4, 0.5) is 0 Å². The number of hydrogen-bond donors (Lipinski definition) is 2. The van der Waals surface area contributed by atoms with Gasteiger partial charge in [0.25, 0.3) is 0 Å². The summed E-state index contributed by atoms with van der Waals surface area (Å²) in [5, 5.41) is 17.7. The zero-order chi connectivity index (χ0) is 7.44. The second kappa shape index (κ2) is 3.03. The zero-order valence-corrected chi connectivity index (χ0v) is 4.53. The van der Waals surface area contributed by atoms with E-state index in [4.69, 9.17) is 10.8 Å². The molecule has 0 saturated carbocycles. The molecule has 51 valence electrons. The molecular weight excluding hydrogens is 126 g/mol. The van der Waals surface area contributed by atoms with E-state index in [1.54, 1.807) is 0 Å². The molecule has 0 amide bonds. The van der Waals surface area contributed by atoms with Gasteiger partial charge in [0, 0.05) is 0 Å². The third-order valence-electron chi connectivity index (χ3n) is 0.704. The molecule has 0 bridgehead atoms. The predicted octanol–water partition coefficient (Wildman–Crippen LogP) is -1.25. The zero-order valence-electron chi connectivity index (χ0n) is 4.53. The van der Waals surface area contributed by atoms with Crippen LogP contribution in [0.5, 0.6) is 0 Å². The lowest BCUT2D eigenvalue weighted by Gasteiger charge is -1.97. The number of carboxylic acid groups (broad SMARTS) is 1. The van der Waals surface area contributed by atoms with Crippen LogP contribution in [0.1, 0.15) is 6.42 Å². The molecule has 0 aliphatic carbocycles. The van der Waals surface area contributed by atoms with Gasteiger partial charge in [-0.25, -0.2) is 9.90 Å². The number of carbonyl (C=O) groups is 2. The summed E-state index contributed by atoms with van der Waals surface area (Å²) >= 11 is 0. The van der Waals surface area contributed by atoms with Crippen molar-refractivity contribution in [1.29, 1.82) is 0 Å². The molecule has 0 spiro atoms. The average Bonchev–Trinajstić information content (AvgIpc) is 1.63. The van der Waals surface area contributed by atoms with Crippen molar-refractivity contribution in [2.45, 2.75) is 12.5 Å². The molecule has 1 atom stereocenters. The van der Waals surface area contributed by atoms with Crippen LogP contribution < -0.4 is 5.73 Å². The standard InChI is InChI=1S/C4H6NO4/c5-2(4(8)9)1-3(6)7/h2H,1,5H2,(H,8,9)/t2-/m0/s1. The van der Waals surface area contributed by atoms with Gasteiger partial charge in [-0.3, -0.25) is 4.79 Å². The van der Waals surface area contributed by atoms with Crippen molar-refractivity contribution < 1.29 is 19.8 Å². The second-order valence-electron chi connectivity index (χ2n) is 1.52. The molecule has 9 heavy (non-hydrogen) atoms. The van der Waals surface area contributed by atoms with E-state index in [-0.39, 0.29) is 0 Å². The summed E-state index contributed by atoms with van der Waals surface area (Å²) in [4.78, 5) is 19.5. The summed E-state index contributed by atoms with van der Waals surface area (Å²) in [5.74, 6) is -2.79. The van der Waals surface area contributed by atoms with Crippen LogP contribution in [-0.4, -0.2) is 23.1 Å². The molecule has 1 radical (unpaired) electrons. The monoisotopic (exact) mass is 132 g/mol. The number of carboxylic acids is 1. The Bertz CT molecular complexity index is 133. The predicted molar refractivity (Wildman–Crippen MR) is 25.9 cm³/mol. The molecule has 0 unspecified atom stereocenters. The van der Waals surface area contributed by atoms with Crippen LogP contribution >= 0.6 is 0 Å². The number of rotatable bonds is 3. The molecule has 0 aliphatic heterocycles. The molecule has 0 heterocycles. The first-order valence-electron chi connectivity index (χ1n) is 2.22. The number of carbonyl (C=O) groups excluding carboxylic acids is 1. The van der Waals surface area contributed by atoms with Crippen LogP contribution in [-0.2, 0) is 14.7 Å². The highest BCUT2D eigenvalue weighted by molar-refractivity contribution is 5.80. The fraction of sp³-hybridized carbons (Fsp3) is 0.500. The minimum atomic E-state index is -1.45. The van der Waals surface area contributed by atoms with Crippen molar-refractivity contribution >= 4 is 11.9 Å². The summed E-state index contributed by atoms with van der Waals surface area (Å²) in [6, 6.07) is -1.35.